The number of halogens is 3. The Morgan fingerprint density at radius 3 is 2.71 bits per heavy atom. The average Bonchev–Trinajstić information content (AvgIpc) is 2.50. The molecule has 1 heterocycles. The van der Waals surface area contributed by atoms with Crippen LogP contribution in [0.2, 0.25) is 0 Å². The molecule has 1 fully saturated rings. The minimum absolute atomic E-state index is 0.0381. The summed E-state index contributed by atoms with van der Waals surface area (Å²) in [6.07, 6.45) is -2.20. The Labute approximate surface area is 138 Å². The van der Waals surface area contributed by atoms with Crippen LogP contribution in [-0.4, -0.2) is 36.3 Å². The lowest BCUT2D eigenvalue weighted by Gasteiger charge is -2.29. The normalized spacial score (nSPS) is 19.4. The molecule has 1 unspecified atom stereocenters. The highest BCUT2D eigenvalue weighted by molar-refractivity contribution is 5.95. The topological polar surface area (TPSA) is 49.4 Å². The van der Waals surface area contributed by atoms with Gasteiger partial charge in [0.25, 0.3) is 0 Å². The summed E-state index contributed by atoms with van der Waals surface area (Å²) in [5.41, 5.74) is 0.0373. The Bertz CT molecular complexity index is 668. The fraction of sp³-hybridized carbons (Fsp3) is 0.412. The summed E-state index contributed by atoms with van der Waals surface area (Å²) in [4.78, 5) is 25.0. The van der Waals surface area contributed by atoms with E-state index in [2.05, 4.69) is 5.32 Å². The molecule has 130 valence electrons. The Morgan fingerprint density at radius 1 is 1.38 bits per heavy atom. The number of likely N-dealkylation sites (tertiary alicyclic amines) is 1. The van der Waals surface area contributed by atoms with Crippen LogP contribution >= 0.6 is 0 Å². The van der Waals surface area contributed by atoms with E-state index in [-0.39, 0.29) is 17.9 Å². The zero-order chi connectivity index (χ0) is 17.9. The molecule has 1 aliphatic heterocycles. The van der Waals surface area contributed by atoms with E-state index in [1.165, 1.54) is 18.2 Å². The van der Waals surface area contributed by atoms with Gasteiger partial charge in [-0.2, -0.15) is 13.2 Å². The smallest absolute Gasteiger partial charge is 0.348 e. The van der Waals surface area contributed by atoms with Gasteiger partial charge in [0, 0.05) is 32.1 Å². The molecule has 1 aromatic carbocycles. The van der Waals surface area contributed by atoms with Crippen molar-refractivity contribution in [3.8, 4) is 0 Å². The van der Waals surface area contributed by atoms with Gasteiger partial charge in [0.2, 0.25) is 11.8 Å². The highest BCUT2D eigenvalue weighted by atomic mass is 19.4. The molecule has 2 amide bonds. The van der Waals surface area contributed by atoms with Crippen LogP contribution in [0.3, 0.4) is 0 Å². The molecule has 0 aromatic heterocycles. The summed E-state index contributed by atoms with van der Waals surface area (Å²) < 4.78 is 38.2. The number of likely N-dealkylation sites (N-methyl/N-ethyl adjacent to an activating group) is 1. The van der Waals surface area contributed by atoms with Crippen molar-refractivity contribution in [2.24, 2.45) is 0 Å². The number of rotatable bonds is 3. The number of piperidine rings is 1. The van der Waals surface area contributed by atoms with Gasteiger partial charge in [-0.15, -0.1) is 0 Å². The lowest BCUT2D eigenvalue weighted by molar-refractivity contribution is -0.137. The number of amides is 2. The quantitative estimate of drug-likeness (QED) is 0.860. The van der Waals surface area contributed by atoms with Crippen LogP contribution in [-0.2, 0) is 15.8 Å². The Kier molecular flexibility index (Phi) is 5.31. The van der Waals surface area contributed by atoms with Gasteiger partial charge in [0.05, 0.1) is 5.56 Å². The van der Waals surface area contributed by atoms with Crippen molar-refractivity contribution < 1.29 is 22.8 Å². The van der Waals surface area contributed by atoms with Crippen molar-refractivity contribution in [1.29, 1.82) is 0 Å². The predicted octanol–water partition coefficient (Wildman–Crippen LogP) is 2.85. The maximum atomic E-state index is 12.7. The van der Waals surface area contributed by atoms with Gasteiger partial charge in [0.15, 0.2) is 0 Å². The second kappa shape index (κ2) is 7.07. The first-order valence-corrected chi connectivity index (χ1v) is 7.57. The van der Waals surface area contributed by atoms with Crippen LogP contribution in [0.1, 0.15) is 30.9 Å². The Hall–Kier alpha value is -2.31. The number of allylic oxidation sites excluding steroid dienone is 1. The van der Waals surface area contributed by atoms with Crippen LogP contribution in [0, 0.1) is 0 Å². The van der Waals surface area contributed by atoms with Crippen molar-refractivity contribution in [2.45, 2.75) is 32.0 Å². The van der Waals surface area contributed by atoms with E-state index in [1.807, 2.05) is 0 Å². The van der Waals surface area contributed by atoms with Gasteiger partial charge >= 0.3 is 6.18 Å². The number of benzene rings is 1. The van der Waals surface area contributed by atoms with Gasteiger partial charge in [0.1, 0.15) is 0 Å². The third-order valence-corrected chi connectivity index (χ3v) is 3.97. The number of carbonyl (C=O) groups excluding carboxylic acids is 2. The molecular formula is C17H19F3N2O2. The van der Waals surface area contributed by atoms with Crippen molar-refractivity contribution in [2.75, 3.05) is 13.6 Å². The fourth-order valence-corrected chi connectivity index (χ4v) is 2.59. The number of carbonyl (C=O) groups is 2. The maximum Gasteiger partial charge on any atom is 0.416 e. The zero-order valence-electron chi connectivity index (χ0n) is 13.5. The summed E-state index contributed by atoms with van der Waals surface area (Å²) >= 11 is 0. The van der Waals surface area contributed by atoms with E-state index in [0.29, 0.717) is 30.5 Å². The van der Waals surface area contributed by atoms with E-state index in [0.717, 1.165) is 12.1 Å². The van der Waals surface area contributed by atoms with E-state index < -0.39 is 11.7 Å². The summed E-state index contributed by atoms with van der Waals surface area (Å²) in [5.74, 6) is -0.339. The number of hydrogen-bond acceptors (Lipinski definition) is 2. The summed E-state index contributed by atoms with van der Waals surface area (Å²) in [6.45, 7) is 2.02. The molecule has 0 spiro atoms. The standard InChI is InChI=1S/C17H19F3N2O2/c1-11(12-4-3-5-13(9-12)17(18,19)20)8-15(23)21-14-6-7-16(24)22(2)10-14/h3-5,8-9,14H,6-7,10H2,1-2H3,(H,21,23)/b11-8+. The first-order chi connectivity index (χ1) is 11.2. The Morgan fingerprint density at radius 2 is 2.08 bits per heavy atom. The third-order valence-electron chi connectivity index (χ3n) is 3.97. The first-order valence-electron chi connectivity index (χ1n) is 7.57. The minimum Gasteiger partial charge on any atom is -0.348 e. The van der Waals surface area contributed by atoms with Gasteiger partial charge in [-0.05, 0) is 36.6 Å². The summed E-state index contributed by atoms with van der Waals surface area (Å²) in [5, 5.41) is 2.78. The molecule has 1 saturated heterocycles. The zero-order valence-corrected chi connectivity index (χ0v) is 13.5. The van der Waals surface area contributed by atoms with Crippen LogP contribution in [0.25, 0.3) is 5.57 Å². The molecule has 1 N–H and O–H groups in total. The highest BCUT2D eigenvalue weighted by Gasteiger charge is 2.30. The van der Waals surface area contributed by atoms with Crippen LogP contribution in [0.5, 0.6) is 0 Å². The van der Waals surface area contributed by atoms with Crippen LogP contribution in [0.15, 0.2) is 30.3 Å². The van der Waals surface area contributed by atoms with Crippen LogP contribution in [0.4, 0.5) is 13.2 Å². The van der Waals surface area contributed by atoms with E-state index in [4.69, 9.17) is 0 Å². The number of nitrogens with zero attached hydrogens (tertiary/aromatic N) is 1. The van der Waals surface area contributed by atoms with Gasteiger partial charge in [-0.1, -0.05) is 12.1 Å². The van der Waals surface area contributed by atoms with Crippen molar-refractivity contribution in [1.82, 2.24) is 10.2 Å². The number of hydrogen-bond donors (Lipinski definition) is 1. The van der Waals surface area contributed by atoms with Crippen molar-refractivity contribution >= 4 is 17.4 Å². The monoisotopic (exact) mass is 340 g/mol. The van der Waals surface area contributed by atoms with Gasteiger partial charge in [-0.25, -0.2) is 0 Å². The molecule has 4 nitrogen and oxygen atoms in total. The third kappa shape index (κ3) is 4.59. The maximum absolute atomic E-state index is 12.7. The summed E-state index contributed by atoms with van der Waals surface area (Å²) in [7, 11) is 1.67. The predicted molar refractivity (Wildman–Crippen MR) is 83.9 cm³/mol. The molecule has 2 rings (SSSR count). The fourth-order valence-electron chi connectivity index (χ4n) is 2.59. The van der Waals surface area contributed by atoms with Crippen molar-refractivity contribution in [3.63, 3.8) is 0 Å². The van der Waals surface area contributed by atoms with Gasteiger partial charge < -0.3 is 10.2 Å². The molecule has 1 atom stereocenters. The molecule has 7 heteroatoms. The lowest BCUT2D eigenvalue weighted by Crippen LogP contribution is -2.48. The molecule has 0 radical (unpaired) electrons. The second-order valence-corrected chi connectivity index (χ2v) is 5.92. The molecule has 1 aliphatic rings. The summed E-state index contributed by atoms with van der Waals surface area (Å²) in [6, 6.07) is 4.71. The highest BCUT2D eigenvalue weighted by Crippen LogP contribution is 2.30. The van der Waals surface area contributed by atoms with E-state index in [1.54, 1.807) is 18.9 Å². The SMILES string of the molecule is C/C(=C\C(=O)NC1CCC(=O)N(C)C1)c1cccc(C(F)(F)F)c1. The Balaban J connectivity index is 2.05. The molecule has 1 aromatic rings. The molecule has 24 heavy (non-hydrogen) atoms. The minimum atomic E-state index is -4.42. The molecule has 0 bridgehead atoms. The first kappa shape index (κ1) is 18.0. The van der Waals surface area contributed by atoms with Crippen molar-refractivity contribution in [3.05, 3.63) is 41.5 Å². The molecular weight excluding hydrogens is 321 g/mol. The number of alkyl halides is 3. The largest absolute Gasteiger partial charge is 0.416 e. The lowest BCUT2D eigenvalue weighted by atomic mass is 10.0. The van der Waals surface area contributed by atoms with E-state index in [9.17, 15) is 22.8 Å². The van der Waals surface area contributed by atoms with E-state index >= 15 is 0 Å². The second-order valence-electron chi connectivity index (χ2n) is 5.92. The molecule has 0 aliphatic carbocycles. The average molecular weight is 340 g/mol. The number of nitrogens with one attached hydrogen (secondary N) is 1. The molecule has 0 saturated carbocycles. The van der Waals surface area contributed by atoms with Crippen LogP contribution < -0.4 is 5.32 Å². The van der Waals surface area contributed by atoms with Gasteiger partial charge in [-0.3, -0.25) is 9.59 Å².